The molecule has 0 bridgehead atoms. The summed E-state index contributed by atoms with van der Waals surface area (Å²) >= 11 is 5.90. The van der Waals surface area contributed by atoms with Gasteiger partial charge in [-0.3, -0.25) is 0 Å². The minimum Gasteiger partial charge on any atom is -0.478 e. The first kappa shape index (κ1) is 17.4. The lowest BCUT2D eigenvalue weighted by molar-refractivity contribution is 0.0698. The first-order valence-corrected chi connectivity index (χ1v) is 8.81. The number of benzene rings is 2. The molecule has 1 saturated carbocycles. The van der Waals surface area contributed by atoms with Crippen molar-refractivity contribution < 1.29 is 14.3 Å². The first-order valence-electron chi connectivity index (χ1n) is 8.43. The number of nitrogens with one attached hydrogen (secondary N) is 1. The number of hydrogen-bond donors (Lipinski definition) is 2. The highest BCUT2D eigenvalue weighted by atomic mass is 35.5. The van der Waals surface area contributed by atoms with Gasteiger partial charge in [-0.05, 0) is 54.7 Å². The second kappa shape index (κ2) is 6.96. The van der Waals surface area contributed by atoms with Gasteiger partial charge in [0.15, 0.2) is 5.82 Å². The maximum absolute atomic E-state index is 13.9. The van der Waals surface area contributed by atoms with Crippen LogP contribution in [0.25, 0.3) is 11.4 Å². The van der Waals surface area contributed by atoms with Gasteiger partial charge >= 0.3 is 5.97 Å². The number of carboxylic acid groups (broad SMARTS) is 1. The monoisotopic (exact) mass is 383 g/mol. The molecule has 1 aromatic heterocycles. The predicted octanol–water partition coefficient (Wildman–Crippen LogP) is 5.26. The van der Waals surface area contributed by atoms with E-state index in [9.17, 15) is 14.3 Å². The molecule has 2 N–H and O–H groups in total. The van der Waals surface area contributed by atoms with E-state index >= 15 is 0 Å². The van der Waals surface area contributed by atoms with E-state index in [4.69, 9.17) is 11.6 Å². The molecule has 0 unspecified atom stereocenters. The highest BCUT2D eigenvalue weighted by Crippen LogP contribution is 2.41. The Morgan fingerprint density at radius 1 is 1.15 bits per heavy atom. The van der Waals surface area contributed by atoms with Crippen LogP contribution < -0.4 is 5.32 Å². The highest BCUT2D eigenvalue weighted by Gasteiger charge is 2.25. The molecule has 0 amide bonds. The molecule has 136 valence electrons. The fourth-order valence-electron chi connectivity index (χ4n) is 2.87. The minimum atomic E-state index is -1.00. The Bertz CT molecular complexity index is 1020. The van der Waals surface area contributed by atoms with Crippen molar-refractivity contribution >= 4 is 28.9 Å². The van der Waals surface area contributed by atoms with Gasteiger partial charge in [0.05, 0.1) is 34.9 Å². The van der Waals surface area contributed by atoms with E-state index in [0.29, 0.717) is 22.3 Å². The molecular formula is C20H15ClFN3O2. The van der Waals surface area contributed by atoms with Gasteiger partial charge in [0.1, 0.15) is 5.82 Å². The SMILES string of the molecule is O=C(O)c1cc(C2CC2)ccc1Nc1cnc(-c2cc(Cl)ccc2F)nc1. The Kier molecular flexibility index (Phi) is 4.49. The van der Waals surface area contributed by atoms with Crippen molar-refractivity contribution in [2.24, 2.45) is 0 Å². The Hall–Kier alpha value is -2.99. The summed E-state index contributed by atoms with van der Waals surface area (Å²) < 4.78 is 13.9. The predicted molar refractivity (Wildman–Crippen MR) is 101 cm³/mol. The van der Waals surface area contributed by atoms with Crippen LogP contribution >= 0.6 is 11.6 Å². The molecule has 7 heteroatoms. The molecule has 3 aromatic rings. The van der Waals surface area contributed by atoms with E-state index in [1.165, 1.54) is 30.6 Å². The van der Waals surface area contributed by atoms with Crippen molar-refractivity contribution in [1.82, 2.24) is 9.97 Å². The van der Waals surface area contributed by atoms with Gasteiger partial charge in [-0.15, -0.1) is 0 Å². The number of carbonyl (C=O) groups is 1. The lowest BCUT2D eigenvalue weighted by Crippen LogP contribution is -2.04. The standard InChI is InChI=1S/C20H15ClFN3O2/c21-13-4-5-17(22)15(8-13)19-23-9-14(10-24-19)25-18-6-3-12(11-1-2-11)7-16(18)20(26)27/h3-11,25H,1-2H2,(H,26,27). The number of halogens is 2. The van der Waals surface area contributed by atoms with E-state index in [0.717, 1.165) is 18.4 Å². The molecule has 0 radical (unpaired) electrons. The van der Waals surface area contributed by atoms with Gasteiger partial charge in [0, 0.05) is 5.02 Å². The van der Waals surface area contributed by atoms with Crippen molar-refractivity contribution in [3.05, 3.63) is 70.8 Å². The first-order chi connectivity index (χ1) is 13.0. The third-order valence-electron chi connectivity index (χ3n) is 4.42. The Morgan fingerprint density at radius 3 is 2.56 bits per heavy atom. The quantitative estimate of drug-likeness (QED) is 0.629. The summed E-state index contributed by atoms with van der Waals surface area (Å²) in [6.07, 6.45) is 5.15. The van der Waals surface area contributed by atoms with Crippen LogP contribution in [-0.2, 0) is 0 Å². The number of rotatable bonds is 5. The Labute approximate surface area is 159 Å². The molecule has 1 heterocycles. The topological polar surface area (TPSA) is 75.1 Å². The second-order valence-corrected chi connectivity index (χ2v) is 6.87. The summed E-state index contributed by atoms with van der Waals surface area (Å²) in [7, 11) is 0. The molecule has 0 aliphatic heterocycles. The number of nitrogens with zero attached hydrogens (tertiary/aromatic N) is 2. The van der Waals surface area contributed by atoms with Crippen LogP contribution in [0.1, 0.15) is 34.7 Å². The minimum absolute atomic E-state index is 0.197. The Balaban J connectivity index is 1.60. The van der Waals surface area contributed by atoms with Crippen molar-refractivity contribution in [2.75, 3.05) is 5.32 Å². The summed E-state index contributed by atoms with van der Waals surface area (Å²) in [4.78, 5) is 19.9. The Morgan fingerprint density at radius 2 is 1.89 bits per heavy atom. The smallest absolute Gasteiger partial charge is 0.337 e. The molecule has 1 aliphatic carbocycles. The summed E-state index contributed by atoms with van der Waals surface area (Å²) in [5, 5.41) is 12.9. The van der Waals surface area contributed by atoms with Crippen molar-refractivity contribution in [3.8, 4) is 11.4 Å². The van der Waals surface area contributed by atoms with Crippen LogP contribution in [0.3, 0.4) is 0 Å². The summed E-state index contributed by atoms with van der Waals surface area (Å²) in [6.45, 7) is 0. The average molecular weight is 384 g/mol. The molecule has 0 saturated heterocycles. The molecule has 1 aliphatic rings. The maximum atomic E-state index is 13.9. The fraction of sp³-hybridized carbons (Fsp3) is 0.150. The zero-order chi connectivity index (χ0) is 19.0. The number of anilines is 2. The average Bonchev–Trinajstić information content (AvgIpc) is 3.50. The summed E-state index contributed by atoms with van der Waals surface area (Å²) in [5.74, 6) is -0.807. The zero-order valence-electron chi connectivity index (χ0n) is 14.1. The molecule has 0 spiro atoms. The largest absolute Gasteiger partial charge is 0.478 e. The lowest BCUT2D eigenvalue weighted by Gasteiger charge is -2.11. The van der Waals surface area contributed by atoms with Crippen molar-refractivity contribution in [1.29, 1.82) is 0 Å². The van der Waals surface area contributed by atoms with E-state index in [1.807, 2.05) is 6.07 Å². The van der Waals surface area contributed by atoms with Gasteiger partial charge in [-0.1, -0.05) is 17.7 Å². The maximum Gasteiger partial charge on any atom is 0.337 e. The molecule has 5 nitrogen and oxygen atoms in total. The van der Waals surface area contributed by atoms with Crippen LogP contribution in [-0.4, -0.2) is 21.0 Å². The molecular weight excluding hydrogens is 369 g/mol. The molecule has 0 atom stereocenters. The number of aromatic nitrogens is 2. The van der Waals surface area contributed by atoms with Gasteiger partial charge in [-0.2, -0.15) is 0 Å². The number of hydrogen-bond acceptors (Lipinski definition) is 4. The molecule has 4 rings (SSSR count). The highest BCUT2D eigenvalue weighted by molar-refractivity contribution is 6.30. The van der Waals surface area contributed by atoms with E-state index in [2.05, 4.69) is 15.3 Å². The van der Waals surface area contributed by atoms with Gasteiger partial charge in [0.25, 0.3) is 0 Å². The molecule has 2 aromatic carbocycles. The van der Waals surface area contributed by atoms with Crippen molar-refractivity contribution in [3.63, 3.8) is 0 Å². The van der Waals surface area contributed by atoms with Gasteiger partial charge in [0.2, 0.25) is 0 Å². The van der Waals surface area contributed by atoms with Gasteiger partial charge in [-0.25, -0.2) is 19.2 Å². The second-order valence-electron chi connectivity index (χ2n) is 6.43. The van der Waals surface area contributed by atoms with Crippen LogP contribution in [0.4, 0.5) is 15.8 Å². The van der Waals surface area contributed by atoms with Crippen LogP contribution in [0.15, 0.2) is 48.8 Å². The van der Waals surface area contributed by atoms with E-state index < -0.39 is 11.8 Å². The number of aromatic carboxylic acids is 1. The molecule has 1 fully saturated rings. The van der Waals surface area contributed by atoms with E-state index in [-0.39, 0.29) is 17.0 Å². The summed E-state index contributed by atoms with van der Waals surface area (Å²) in [6, 6.07) is 9.56. The van der Waals surface area contributed by atoms with E-state index in [1.54, 1.807) is 12.1 Å². The molecule has 27 heavy (non-hydrogen) atoms. The lowest BCUT2D eigenvalue weighted by atomic mass is 10.0. The van der Waals surface area contributed by atoms with Crippen LogP contribution in [0, 0.1) is 5.82 Å². The fourth-order valence-corrected chi connectivity index (χ4v) is 3.05. The summed E-state index contributed by atoms with van der Waals surface area (Å²) in [5.41, 5.74) is 2.40. The third kappa shape index (κ3) is 3.75. The third-order valence-corrected chi connectivity index (χ3v) is 4.66. The van der Waals surface area contributed by atoms with Crippen molar-refractivity contribution in [2.45, 2.75) is 18.8 Å². The van der Waals surface area contributed by atoms with Crippen LogP contribution in [0.5, 0.6) is 0 Å². The number of carboxylic acids is 1. The van der Waals surface area contributed by atoms with Crippen LogP contribution in [0.2, 0.25) is 5.02 Å². The zero-order valence-corrected chi connectivity index (χ0v) is 14.9. The van der Waals surface area contributed by atoms with Gasteiger partial charge < -0.3 is 10.4 Å². The normalized spacial score (nSPS) is 13.4.